The van der Waals surface area contributed by atoms with Crippen LogP contribution in [0.1, 0.15) is 86.5 Å². The minimum Gasteiger partial charge on any atom is -0.463 e. The lowest BCUT2D eigenvalue weighted by molar-refractivity contribution is -0.362. The number of hydrogen-bond acceptors (Lipinski definition) is 17. The highest BCUT2D eigenvalue weighted by Crippen LogP contribution is 2.67. The first-order valence-electron chi connectivity index (χ1n) is 21.1. The van der Waals surface area contributed by atoms with Gasteiger partial charge in [0.15, 0.2) is 12.4 Å². The van der Waals surface area contributed by atoms with Gasteiger partial charge in [-0.05, 0) is 87.4 Å². The van der Waals surface area contributed by atoms with E-state index in [-0.39, 0.29) is 53.4 Å². The van der Waals surface area contributed by atoms with E-state index in [1.165, 1.54) is 6.92 Å². The predicted octanol–water partition coefficient (Wildman–Crippen LogP) is -0.670. The number of hydrogen-bond donors (Lipinski definition) is 10. The zero-order valence-electron chi connectivity index (χ0n) is 34.7. The molecule has 2 aliphatic heterocycles. The molecule has 0 bridgehead atoms. The molecular formula is C42H66O17. The monoisotopic (exact) mass is 842 g/mol. The summed E-state index contributed by atoms with van der Waals surface area (Å²) in [7, 11) is 0. The van der Waals surface area contributed by atoms with Gasteiger partial charge in [-0.1, -0.05) is 38.0 Å². The molecule has 0 unspecified atom stereocenters. The molecule has 5 fully saturated rings. The number of aliphatic hydroxyl groups excluding tert-OH is 10. The summed E-state index contributed by atoms with van der Waals surface area (Å²) in [6.45, 7) is 9.22. The molecule has 0 aromatic heterocycles. The Morgan fingerprint density at radius 2 is 1.56 bits per heavy atom. The molecule has 6 rings (SSSR count). The quantitative estimate of drug-likeness (QED) is 0.0702. The summed E-state index contributed by atoms with van der Waals surface area (Å²) >= 11 is 0. The molecule has 0 spiro atoms. The van der Waals surface area contributed by atoms with Crippen LogP contribution < -0.4 is 0 Å². The molecule has 336 valence electrons. The van der Waals surface area contributed by atoms with Crippen molar-refractivity contribution >= 4 is 11.9 Å². The molecule has 59 heavy (non-hydrogen) atoms. The van der Waals surface area contributed by atoms with Gasteiger partial charge in [-0.15, -0.1) is 0 Å². The third kappa shape index (κ3) is 8.54. The van der Waals surface area contributed by atoms with Gasteiger partial charge in [0.05, 0.1) is 31.0 Å². The molecule has 0 aromatic rings. The molecule has 0 radical (unpaired) electrons. The molecule has 10 N–H and O–H groups in total. The number of carbonyl (C=O) groups is 2. The van der Waals surface area contributed by atoms with E-state index in [2.05, 4.69) is 13.0 Å². The van der Waals surface area contributed by atoms with Crippen molar-refractivity contribution in [1.29, 1.82) is 0 Å². The number of aliphatic hydroxyl groups is 10. The van der Waals surface area contributed by atoms with Crippen LogP contribution in [-0.2, 0) is 33.3 Å². The van der Waals surface area contributed by atoms with Crippen LogP contribution in [0.5, 0.6) is 0 Å². The molecule has 0 aromatic carbocycles. The van der Waals surface area contributed by atoms with Crippen molar-refractivity contribution in [2.45, 2.75) is 172 Å². The van der Waals surface area contributed by atoms with E-state index in [1.54, 1.807) is 6.92 Å². The van der Waals surface area contributed by atoms with Crippen LogP contribution in [0, 0.1) is 40.4 Å². The van der Waals surface area contributed by atoms with Crippen LogP contribution >= 0.6 is 0 Å². The number of ether oxygens (including phenoxy) is 5. The Hall–Kier alpha value is -2.10. The first-order valence-corrected chi connectivity index (χ1v) is 21.1. The number of esters is 2. The standard InChI is InChI=1S/C42H66O17/c1-17(11-26(46)19(3)24-9-10-25-23-8-7-21-12-22(45)13-30(48)42(21,6)31(23)27(47)14-41(24,25)5)18(2)38(54)59-40-37(35(52)33(50)29(57-40)16-55-20(4)44)58-39-36(53)34(51)32(49)28(15-43)56-39/h7,19,22-37,39-40,43,45-53H,8-16H2,1-6H3/b18-17+/t19-,22+,23-,24-,25+,26-,27+,28+,29+,30+,31-,32+,33+,34-,35-,36+,37+,39-,40-,41-,42-/m1/s1. The summed E-state index contributed by atoms with van der Waals surface area (Å²) in [5.41, 5.74) is 0.712. The zero-order chi connectivity index (χ0) is 43.5. The van der Waals surface area contributed by atoms with E-state index in [4.69, 9.17) is 23.7 Å². The van der Waals surface area contributed by atoms with Crippen LogP contribution in [0.2, 0.25) is 0 Å². The number of allylic oxidation sites excluding steroid dienone is 1. The van der Waals surface area contributed by atoms with E-state index >= 15 is 0 Å². The van der Waals surface area contributed by atoms with Gasteiger partial charge in [0.1, 0.15) is 49.3 Å². The van der Waals surface area contributed by atoms with Crippen molar-refractivity contribution in [3.05, 3.63) is 22.8 Å². The molecule has 2 saturated heterocycles. The Bertz CT molecular complexity index is 1590. The SMILES string of the molecule is CC(=O)OC[C@@H]1O[C@H](OC(=O)/C(C)=C(\C)C[C@@H](O)[C@H](C)[C@H]2CC[C@H]3[C@H]4CC=C5C[C@H](O)C[C@H](O)[C@]5(C)[C@H]4[C@@H](O)C[C@]23C)[C@@H](O[C@H]2O[C@@H](CO)[C@H](O)[C@@H](O)[C@@H]2O)[C@H](O)[C@H]1O. The average Bonchev–Trinajstić information content (AvgIpc) is 3.52. The Morgan fingerprint density at radius 3 is 2.22 bits per heavy atom. The smallest absolute Gasteiger partial charge is 0.336 e. The van der Waals surface area contributed by atoms with Crippen LogP contribution in [-0.4, -0.2) is 162 Å². The van der Waals surface area contributed by atoms with Gasteiger partial charge in [0.25, 0.3) is 0 Å². The fourth-order valence-corrected chi connectivity index (χ4v) is 11.8. The Balaban J connectivity index is 1.15. The fourth-order valence-electron chi connectivity index (χ4n) is 11.8. The normalized spacial score (nSPS) is 47.4. The Labute approximate surface area is 344 Å². The van der Waals surface area contributed by atoms with Crippen LogP contribution in [0.15, 0.2) is 22.8 Å². The highest BCUT2D eigenvalue weighted by Gasteiger charge is 2.64. The highest BCUT2D eigenvalue weighted by molar-refractivity contribution is 5.88. The lowest BCUT2D eigenvalue weighted by atomic mass is 9.45. The summed E-state index contributed by atoms with van der Waals surface area (Å²) in [6, 6.07) is 0. The third-order valence-electron chi connectivity index (χ3n) is 15.3. The maximum absolute atomic E-state index is 13.7. The van der Waals surface area contributed by atoms with Crippen LogP contribution in [0.25, 0.3) is 0 Å². The van der Waals surface area contributed by atoms with Gasteiger partial charge in [-0.2, -0.15) is 0 Å². The van der Waals surface area contributed by atoms with Gasteiger partial charge in [-0.3, -0.25) is 4.79 Å². The predicted molar refractivity (Wildman–Crippen MR) is 204 cm³/mol. The number of carbonyl (C=O) groups excluding carboxylic acids is 2. The molecule has 17 heteroatoms. The van der Waals surface area contributed by atoms with E-state index in [9.17, 15) is 60.7 Å². The van der Waals surface area contributed by atoms with Crippen molar-refractivity contribution in [2.24, 2.45) is 40.4 Å². The lowest BCUT2D eigenvalue weighted by Crippen LogP contribution is -2.65. The topological polar surface area (TPSA) is 283 Å². The van der Waals surface area contributed by atoms with Crippen molar-refractivity contribution in [3.63, 3.8) is 0 Å². The number of rotatable bonds is 11. The zero-order valence-corrected chi connectivity index (χ0v) is 34.7. The van der Waals surface area contributed by atoms with Gasteiger partial charge < -0.3 is 74.7 Å². The average molecular weight is 843 g/mol. The summed E-state index contributed by atoms with van der Waals surface area (Å²) < 4.78 is 27.5. The highest BCUT2D eigenvalue weighted by atomic mass is 16.8. The molecule has 6 aliphatic rings. The van der Waals surface area contributed by atoms with Crippen molar-refractivity contribution in [2.75, 3.05) is 13.2 Å². The molecule has 2 heterocycles. The van der Waals surface area contributed by atoms with Crippen LogP contribution in [0.4, 0.5) is 0 Å². The molecule has 17 nitrogen and oxygen atoms in total. The summed E-state index contributed by atoms with van der Waals surface area (Å²) in [4.78, 5) is 25.3. The minimum atomic E-state index is -1.90. The first kappa shape index (κ1) is 46.4. The van der Waals surface area contributed by atoms with E-state index in [0.29, 0.717) is 18.4 Å². The summed E-state index contributed by atoms with van der Waals surface area (Å²) in [5, 5.41) is 108. The van der Waals surface area contributed by atoms with Gasteiger partial charge >= 0.3 is 11.9 Å². The maximum atomic E-state index is 13.7. The molecular weight excluding hydrogens is 776 g/mol. The van der Waals surface area contributed by atoms with Gasteiger partial charge in [-0.25, -0.2) is 4.79 Å². The molecule has 21 atom stereocenters. The van der Waals surface area contributed by atoms with E-state index < -0.39 is 116 Å². The summed E-state index contributed by atoms with van der Waals surface area (Å²) in [5.74, 6) is -1.58. The largest absolute Gasteiger partial charge is 0.463 e. The molecule has 4 aliphatic carbocycles. The van der Waals surface area contributed by atoms with Crippen molar-refractivity contribution in [1.82, 2.24) is 0 Å². The lowest BCUT2D eigenvalue weighted by Gasteiger charge is -2.61. The number of fused-ring (bicyclic) bond motifs is 5. The van der Waals surface area contributed by atoms with Crippen molar-refractivity contribution < 1.29 is 84.3 Å². The summed E-state index contributed by atoms with van der Waals surface area (Å²) in [6.07, 6.45) is -14.0. The van der Waals surface area contributed by atoms with Gasteiger partial charge in [0.2, 0.25) is 6.29 Å². The van der Waals surface area contributed by atoms with E-state index in [0.717, 1.165) is 31.8 Å². The maximum Gasteiger partial charge on any atom is 0.336 e. The van der Waals surface area contributed by atoms with Gasteiger partial charge in [0, 0.05) is 24.3 Å². The second-order valence-corrected chi connectivity index (χ2v) is 18.7. The second kappa shape index (κ2) is 17.9. The Morgan fingerprint density at radius 1 is 0.898 bits per heavy atom. The molecule has 0 amide bonds. The Kier molecular flexibility index (Phi) is 14.1. The molecule has 3 saturated carbocycles. The fraction of sp³-hybridized carbons (Fsp3) is 0.857. The van der Waals surface area contributed by atoms with Crippen LogP contribution in [0.3, 0.4) is 0 Å². The van der Waals surface area contributed by atoms with E-state index in [1.807, 2.05) is 13.8 Å². The van der Waals surface area contributed by atoms with Crippen molar-refractivity contribution in [3.8, 4) is 0 Å². The minimum absolute atomic E-state index is 0.0486. The third-order valence-corrected chi connectivity index (χ3v) is 15.3. The second-order valence-electron chi connectivity index (χ2n) is 18.7. The first-order chi connectivity index (χ1) is 27.6.